The van der Waals surface area contributed by atoms with Crippen LogP contribution >= 0.6 is 0 Å². The fourth-order valence-electron chi connectivity index (χ4n) is 5.33. The number of piperidine rings is 1. The van der Waals surface area contributed by atoms with Gasteiger partial charge in [-0.3, -0.25) is 0 Å². The summed E-state index contributed by atoms with van der Waals surface area (Å²) in [5.41, 5.74) is 0. The summed E-state index contributed by atoms with van der Waals surface area (Å²) in [7, 11) is -4.33. The molecule has 0 aliphatic carbocycles. The molecule has 0 aromatic heterocycles. The lowest BCUT2D eigenvalue weighted by molar-refractivity contribution is -0.937. The standard InChI is InChI=1S/C25H48F3NO3S/c1-2-3-4-5-6-7-8-9-10-11-12-13-14-15-19-29(21-17-22-33(30,31)32)20-16-18-24(23-29)25(26,27)28/h24H,2-23H2,1H3. The van der Waals surface area contributed by atoms with Crippen molar-refractivity contribution < 1.29 is 30.6 Å². The summed E-state index contributed by atoms with van der Waals surface area (Å²) in [5, 5.41) is 0. The average molecular weight is 500 g/mol. The molecule has 4 nitrogen and oxygen atoms in total. The van der Waals surface area contributed by atoms with Crippen LogP contribution in [0.5, 0.6) is 0 Å². The topological polar surface area (TPSA) is 57.2 Å². The summed E-state index contributed by atoms with van der Waals surface area (Å²) < 4.78 is 73.2. The smallest absolute Gasteiger partial charge is 0.397 e. The number of likely N-dealkylation sites (tertiary alicyclic amines) is 1. The zero-order valence-electron chi connectivity index (χ0n) is 20.8. The van der Waals surface area contributed by atoms with Gasteiger partial charge in [-0.15, -0.1) is 0 Å². The van der Waals surface area contributed by atoms with Gasteiger partial charge in [0, 0.05) is 12.2 Å². The number of unbranched alkanes of at least 4 members (excludes halogenated alkanes) is 13. The van der Waals surface area contributed by atoms with Gasteiger partial charge in [-0.05, 0) is 25.7 Å². The number of hydrogen-bond donors (Lipinski definition) is 0. The molecule has 1 saturated heterocycles. The number of hydrogen-bond acceptors (Lipinski definition) is 3. The maximum atomic E-state index is 13.3. The fraction of sp³-hybridized carbons (Fsp3) is 1.00. The lowest BCUT2D eigenvalue weighted by Gasteiger charge is -2.45. The van der Waals surface area contributed by atoms with Gasteiger partial charge in [-0.25, -0.2) is 8.42 Å². The van der Waals surface area contributed by atoms with Gasteiger partial charge < -0.3 is 9.04 Å². The molecule has 2 unspecified atom stereocenters. The summed E-state index contributed by atoms with van der Waals surface area (Å²) in [4.78, 5) is 0. The Morgan fingerprint density at radius 3 is 1.70 bits per heavy atom. The predicted molar refractivity (Wildman–Crippen MR) is 128 cm³/mol. The molecule has 1 fully saturated rings. The van der Waals surface area contributed by atoms with Gasteiger partial charge in [0.15, 0.2) is 0 Å². The Morgan fingerprint density at radius 2 is 1.24 bits per heavy atom. The van der Waals surface area contributed by atoms with Crippen LogP contribution in [0.1, 0.15) is 116 Å². The van der Waals surface area contributed by atoms with Gasteiger partial charge in [-0.2, -0.15) is 13.2 Å². The minimum Gasteiger partial charge on any atom is -0.748 e. The first-order valence-corrected chi connectivity index (χ1v) is 15.0. The number of nitrogens with zero attached hydrogens (tertiary/aromatic N) is 1. The van der Waals surface area contributed by atoms with E-state index >= 15 is 0 Å². The van der Waals surface area contributed by atoms with E-state index in [4.69, 9.17) is 0 Å². The van der Waals surface area contributed by atoms with E-state index in [0.717, 1.165) is 19.3 Å². The van der Waals surface area contributed by atoms with Crippen molar-refractivity contribution >= 4 is 10.1 Å². The molecule has 33 heavy (non-hydrogen) atoms. The van der Waals surface area contributed by atoms with Crippen molar-refractivity contribution in [3.05, 3.63) is 0 Å². The number of rotatable bonds is 19. The van der Waals surface area contributed by atoms with Crippen molar-refractivity contribution in [3.8, 4) is 0 Å². The average Bonchev–Trinajstić information content (AvgIpc) is 2.72. The maximum absolute atomic E-state index is 13.3. The van der Waals surface area contributed by atoms with E-state index in [0.29, 0.717) is 30.5 Å². The van der Waals surface area contributed by atoms with Crippen molar-refractivity contribution in [2.45, 2.75) is 122 Å². The van der Waals surface area contributed by atoms with E-state index in [9.17, 15) is 26.1 Å². The van der Waals surface area contributed by atoms with E-state index in [-0.39, 0.29) is 19.4 Å². The minimum atomic E-state index is -4.33. The molecule has 1 aliphatic rings. The first-order chi connectivity index (χ1) is 15.6. The zero-order chi connectivity index (χ0) is 24.6. The Morgan fingerprint density at radius 1 is 0.788 bits per heavy atom. The number of quaternary nitrogens is 1. The predicted octanol–water partition coefficient (Wildman–Crippen LogP) is 7.19. The molecular formula is C25H48F3NO3S. The van der Waals surface area contributed by atoms with E-state index in [1.807, 2.05) is 0 Å². The molecule has 1 aliphatic heterocycles. The van der Waals surface area contributed by atoms with Crippen LogP contribution in [0.3, 0.4) is 0 Å². The number of alkyl halides is 3. The monoisotopic (exact) mass is 499 g/mol. The molecule has 0 bridgehead atoms. The van der Waals surface area contributed by atoms with Gasteiger partial charge in [0.05, 0.1) is 36.3 Å². The molecule has 1 rings (SSSR count). The zero-order valence-corrected chi connectivity index (χ0v) is 21.7. The maximum Gasteiger partial charge on any atom is 0.397 e. The molecule has 0 saturated carbocycles. The number of halogens is 3. The van der Waals surface area contributed by atoms with Crippen LogP contribution in [0.2, 0.25) is 0 Å². The molecule has 0 aromatic carbocycles. The highest BCUT2D eigenvalue weighted by Gasteiger charge is 2.47. The molecule has 0 amide bonds. The van der Waals surface area contributed by atoms with E-state index in [1.165, 1.54) is 70.6 Å². The molecule has 0 spiro atoms. The lowest BCUT2D eigenvalue weighted by Crippen LogP contribution is -2.57. The van der Waals surface area contributed by atoms with Gasteiger partial charge in [-0.1, -0.05) is 84.0 Å². The highest BCUT2D eigenvalue weighted by Crippen LogP contribution is 2.36. The third kappa shape index (κ3) is 15.3. The highest BCUT2D eigenvalue weighted by atomic mass is 32.2. The molecule has 0 radical (unpaired) electrons. The van der Waals surface area contributed by atoms with Crippen molar-refractivity contribution in [3.63, 3.8) is 0 Å². The van der Waals surface area contributed by atoms with Crippen LogP contribution in [0.25, 0.3) is 0 Å². The second-order valence-corrected chi connectivity index (χ2v) is 11.8. The van der Waals surface area contributed by atoms with Crippen LogP contribution in [0.15, 0.2) is 0 Å². The minimum absolute atomic E-state index is 0.0286. The summed E-state index contributed by atoms with van der Waals surface area (Å²) >= 11 is 0. The third-order valence-corrected chi connectivity index (χ3v) is 8.06. The van der Waals surface area contributed by atoms with Crippen molar-refractivity contribution in [1.82, 2.24) is 0 Å². The second kappa shape index (κ2) is 16.4. The van der Waals surface area contributed by atoms with Crippen molar-refractivity contribution in [1.29, 1.82) is 0 Å². The van der Waals surface area contributed by atoms with Crippen LogP contribution < -0.4 is 0 Å². The van der Waals surface area contributed by atoms with Gasteiger partial charge >= 0.3 is 6.18 Å². The Bertz CT molecular complexity index is 598. The summed E-state index contributed by atoms with van der Waals surface area (Å²) in [5.74, 6) is -1.80. The molecular weight excluding hydrogens is 451 g/mol. The Labute approximate surface area is 201 Å². The summed E-state index contributed by atoms with van der Waals surface area (Å²) in [6.45, 7) is 3.93. The first-order valence-electron chi connectivity index (χ1n) is 13.4. The van der Waals surface area contributed by atoms with E-state index in [1.54, 1.807) is 0 Å². The highest BCUT2D eigenvalue weighted by molar-refractivity contribution is 7.85. The van der Waals surface area contributed by atoms with Crippen molar-refractivity contribution in [2.75, 3.05) is 31.9 Å². The third-order valence-electron chi connectivity index (χ3n) is 7.27. The SMILES string of the molecule is CCCCCCCCCCCCCCCC[N+]1(CCCS(=O)(=O)[O-])CCCC(C(F)(F)F)C1. The van der Waals surface area contributed by atoms with Crippen molar-refractivity contribution in [2.24, 2.45) is 5.92 Å². The lowest BCUT2D eigenvalue weighted by atomic mass is 9.94. The molecule has 2 atom stereocenters. The Balaban J connectivity index is 2.25. The second-order valence-electron chi connectivity index (χ2n) is 10.3. The molecule has 8 heteroatoms. The van der Waals surface area contributed by atoms with Crippen LogP contribution in [-0.2, 0) is 10.1 Å². The normalized spacial score (nSPS) is 22.0. The fourth-order valence-corrected chi connectivity index (χ4v) is 5.81. The summed E-state index contributed by atoms with van der Waals surface area (Å²) in [6, 6.07) is 0. The Kier molecular flexibility index (Phi) is 15.2. The van der Waals surface area contributed by atoms with E-state index in [2.05, 4.69) is 6.92 Å². The molecule has 198 valence electrons. The molecule has 0 aromatic rings. The first kappa shape index (κ1) is 30.7. The van der Waals surface area contributed by atoms with Gasteiger partial charge in [0.1, 0.15) is 5.92 Å². The Hall–Kier alpha value is -0.340. The molecule has 0 N–H and O–H groups in total. The quantitative estimate of drug-likeness (QED) is 0.107. The van der Waals surface area contributed by atoms with Crippen LogP contribution in [0.4, 0.5) is 13.2 Å². The largest absolute Gasteiger partial charge is 0.748 e. The van der Waals surface area contributed by atoms with Gasteiger partial charge in [0.2, 0.25) is 0 Å². The molecule has 1 heterocycles. The van der Waals surface area contributed by atoms with Crippen LogP contribution in [-0.4, -0.2) is 55.6 Å². The summed E-state index contributed by atoms with van der Waals surface area (Å²) in [6.07, 6.45) is 14.0. The van der Waals surface area contributed by atoms with Gasteiger partial charge in [0.25, 0.3) is 0 Å². The van der Waals surface area contributed by atoms with Crippen LogP contribution in [0, 0.1) is 5.92 Å². The van der Waals surface area contributed by atoms with E-state index < -0.39 is 28.0 Å².